The first-order chi connectivity index (χ1) is 16.4. The molecule has 0 spiro atoms. The van der Waals surface area contributed by atoms with Crippen molar-refractivity contribution in [3.05, 3.63) is 54.1 Å². The van der Waals surface area contributed by atoms with Gasteiger partial charge in [0.15, 0.2) is 8.32 Å². The lowest BCUT2D eigenvalue weighted by Crippen LogP contribution is -2.44. The molecule has 2 fully saturated rings. The van der Waals surface area contributed by atoms with E-state index in [0.717, 1.165) is 10.8 Å². The van der Waals surface area contributed by atoms with Gasteiger partial charge in [0.1, 0.15) is 5.60 Å². The summed E-state index contributed by atoms with van der Waals surface area (Å²) in [7, 11) is -1.97. The molecule has 0 aliphatic carbocycles. The summed E-state index contributed by atoms with van der Waals surface area (Å²) in [6.45, 7) is 13.4. The first kappa shape index (κ1) is 26.3. The fourth-order valence-corrected chi connectivity index (χ4v) is 6.69. The van der Waals surface area contributed by atoms with Crippen LogP contribution in [0.1, 0.15) is 47.1 Å². The van der Waals surface area contributed by atoms with Gasteiger partial charge in [-0.05, 0) is 37.2 Å². The Morgan fingerprint density at radius 1 is 1.06 bits per heavy atom. The Balaban J connectivity index is 0.00000304. The number of benzene rings is 2. The van der Waals surface area contributed by atoms with Gasteiger partial charge in [0.25, 0.3) is 0 Å². The van der Waals surface area contributed by atoms with Crippen LogP contribution in [-0.4, -0.2) is 37.9 Å². The number of nitriles is 1. The van der Waals surface area contributed by atoms with Crippen molar-refractivity contribution in [3.8, 4) is 6.07 Å². The molecule has 2 aromatic rings. The van der Waals surface area contributed by atoms with E-state index in [1.54, 1.807) is 12.1 Å². The van der Waals surface area contributed by atoms with Crippen LogP contribution in [0.4, 0.5) is 5.69 Å². The Hall–Kier alpha value is -2.79. The average Bonchev–Trinajstić information content (AvgIpc) is 3.37. The third kappa shape index (κ3) is 3.58. The lowest BCUT2D eigenvalue weighted by atomic mass is 9.71. The maximum atomic E-state index is 13.9. The molecule has 36 heavy (non-hydrogen) atoms. The lowest BCUT2D eigenvalue weighted by molar-refractivity contribution is -0.129. The van der Waals surface area contributed by atoms with Crippen molar-refractivity contribution >= 4 is 36.6 Å². The Bertz CT molecular complexity index is 1320. The van der Waals surface area contributed by atoms with Gasteiger partial charge in [-0.15, -0.1) is 0 Å². The van der Waals surface area contributed by atoms with Crippen molar-refractivity contribution in [3.63, 3.8) is 0 Å². The molecule has 4 atom stereocenters. The number of amides is 2. The molecular weight excluding hydrogens is 468 g/mol. The van der Waals surface area contributed by atoms with Gasteiger partial charge in [-0.2, -0.15) is 5.26 Å². The first-order valence-corrected chi connectivity index (χ1v) is 15.1. The summed E-state index contributed by atoms with van der Waals surface area (Å²) in [5.74, 6) is -1.66. The average molecular weight is 505 g/mol. The second-order valence-corrected chi connectivity index (χ2v) is 16.5. The molecule has 0 N–H and O–H groups in total. The largest absolute Gasteiger partial charge is 0.417 e. The zero-order chi connectivity index (χ0) is 25.4. The number of carbonyl (C=O) groups excluding carboxylic acids is 2. The summed E-state index contributed by atoms with van der Waals surface area (Å²) in [4.78, 5) is 29.1. The summed E-state index contributed by atoms with van der Waals surface area (Å²) in [5, 5.41) is 11.1. The van der Waals surface area contributed by atoms with Crippen LogP contribution < -0.4 is 4.90 Å². The van der Waals surface area contributed by atoms with Gasteiger partial charge in [0.05, 0.1) is 34.8 Å². The molecule has 3 heterocycles. The van der Waals surface area contributed by atoms with Gasteiger partial charge >= 0.3 is 0 Å². The molecule has 190 valence electrons. The number of fused-ring (bicyclic) bond motifs is 6. The molecule has 2 amide bonds. The van der Waals surface area contributed by atoms with Gasteiger partial charge in [0, 0.05) is 23.8 Å². The van der Waals surface area contributed by atoms with E-state index in [4.69, 9.17) is 9.16 Å². The van der Waals surface area contributed by atoms with Crippen molar-refractivity contribution in [2.45, 2.75) is 70.9 Å². The molecule has 2 aromatic carbocycles. The van der Waals surface area contributed by atoms with E-state index in [-0.39, 0.29) is 24.3 Å². The van der Waals surface area contributed by atoms with E-state index in [1.807, 2.05) is 43.3 Å². The second-order valence-electron chi connectivity index (χ2n) is 11.7. The van der Waals surface area contributed by atoms with E-state index >= 15 is 0 Å². The number of nitrogens with zero attached hydrogens (tertiary/aromatic N) is 2. The van der Waals surface area contributed by atoms with Crippen LogP contribution in [0.15, 0.2) is 48.6 Å². The zero-order valence-electron chi connectivity index (χ0n) is 21.2. The van der Waals surface area contributed by atoms with Crippen molar-refractivity contribution in [1.29, 1.82) is 5.26 Å². The summed E-state index contributed by atoms with van der Waals surface area (Å²) in [5.41, 5.74) is -0.642. The highest BCUT2D eigenvalue weighted by Crippen LogP contribution is 2.59. The van der Waals surface area contributed by atoms with Crippen LogP contribution in [0.2, 0.25) is 18.1 Å². The molecule has 3 aliphatic heterocycles. The summed E-state index contributed by atoms with van der Waals surface area (Å²) >= 11 is 0. The predicted molar refractivity (Wildman–Crippen MR) is 144 cm³/mol. The van der Waals surface area contributed by atoms with Crippen LogP contribution in [0.3, 0.4) is 0 Å². The number of ether oxygens (including phenoxy) is 1. The minimum absolute atomic E-state index is 0. The van der Waals surface area contributed by atoms with E-state index < -0.39 is 31.4 Å². The molecule has 2 bridgehead atoms. The second kappa shape index (κ2) is 8.37. The molecule has 0 saturated carbocycles. The number of hydrogen-bond donors (Lipinski definition) is 0. The monoisotopic (exact) mass is 504 g/mol. The van der Waals surface area contributed by atoms with Crippen LogP contribution in [0.5, 0.6) is 0 Å². The molecule has 3 aliphatic rings. The maximum Gasteiger partial charge on any atom is 0.241 e. The molecule has 6 nitrogen and oxygen atoms in total. The number of rotatable bonds is 5. The molecule has 0 radical (unpaired) electrons. The first-order valence-electron chi connectivity index (χ1n) is 12.2. The van der Waals surface area contributed by atoms with Crippen LogP contribution in [-0.2, 0) is 18.8 Å². The zero-order valence-corrected chi connectivity index (χ0v) is 22.2. The molecular formula is C29H36N2O4Si. The molecule has 2 unspecified atom stereocenters. The Labute approximate surface area is 215 Å². The summed E-state index contributed by atoms with van der Waals surface area (Å²) in [6, 6.07) is 13.0. The molecule has 0 aromatic heterocycles. The van der Waals surface area contributed by atoms with Gasteiger partial charge in [-0.1, -0.05) is 64.6 Å². The maximum absolute atomic E-state index is 13.9. The lowest BCUT2D eigenvalue weighted by Gasteiger charge is -2.37. The van der Waals surface area contributed by atoms with E-state index in [1.165, 1.54) is 4.90 Å². The van der Waals surface area contributed by atoms with Gasteiger partial charge in [-0.3, -0.25) is 9.59 Å². The topological polar surface area (TPSA) is 79.6 Å². The molecule has 7 heteroatoms. The summed E-state index contributed by atoms with van der Waals surface area (Å²) < 4.78 is 12.9. The van der Waals surface area contributed by atoms with E-state index in [9.17, 15) is 14.9 Å². The number of imide groups is 1. The quantitative estimate of drug-likeness (QED) is 0.285. The van der Waals surface area contributed by atoms with E-state index in [0.29, 0.717) is 24.3 Å². The van der Waals surface area contributed by atoms with Gasteiger partial charge in [-0.25, -0.2) is 4.90 Å². The Morgan fingerprint density at radius 3 is 2.33 bits per heavy atom. The summed E-state index contributed by atoms with van der Waals surface area (Å²) in [6.07, 6.45) is 4.45. The normalized spacial score (nSPS) is 29.0. The highest BCUT2D eigenvalue weighted by Gasteiger charge is 2.72. The fourth-order valence-electron chi connectivity index (χ4n) is 5.64. The minimum Gasteiger partial charge on any atom is -0.417 e. The number of carbonyl (C=O) groups is 2. The highest BCUT2D eigenvalue weighted by molar-refractivity contribution is 6.74. The van der Waals surface area contributed by atoms with Crippen LogP contribution >= 0.6 is 0 Å². The third-order valence-electron chi connectivity index (χ3n) is 8.58. The molecule has 5 rings (SSSR count). The third-order valence-corrected chi connectivity index (χ3v) is 13.1. The van der Waals surface area contributed by atoms with E-state index in [2.05, 4.69) is 39.9 Å². The predicted octanol–water partition coefficient (Wildman–Crippen LogP) is 5.96. The van der Waals surface area contributed by atoms with Gasteiger partial charge in [0.2, 0.25) is 11.8 Å². The van der Waals surface area contributed by atoms with Crippen molar-refractivity contribution in [2.75, 3.05) is 11.5 Å². The van der Waals surface area contributed by atoms with Crippen molar-refractivity contribution in [2.24, 2.45) is 11.8 Å². The standard InChI is InChI=1S/C28H32N2O4Si.CH4/c1-26(2,3)35(5,6)33-16-15-28-14-13-27(4,34-28)22-23(28)25(32)30(24(22)31)21-12-11-18(17-29)19-9-7-8-10-20(19)21;/h7-14,22-23H,15-16H2,1-6H3;1H4/t22-,23+,27?,28?;/m0./s1. The van der Waals surface area contributed by atoms with Crippen LogP contribution in [0, 0.1) is 23.2 Å². The SMILES string of the molecule is C.CC12C=CC(CCO[Si](C)(C)C(C)(C)C)(O1)[C@H]1C(=O)N(c3ccc(C#N)c4ccccc34)C(=O)[C@H]12. The molecule has 2 saturated heterocycles. The Kier molecular flexibility index (Phi) is 6.11. The Morgan fingerprint density at radius 2 is 1.69 bits per heavy atom. The highest BCUT2D eigenvalue weighted by atomic mass is 28.4. The van der Waals surface area contributed by atoms with Crippen LogP contribution in [0.25, 0.3) is 10.8 Å². The number of anilines is 1. The van der Waals surface area contributed by atoms with Crippen molar-refractivity contribution in [1.82, 2.24) is 0 Å². The number of hydrogen-bond acceptors (Lipinski definition) is 5. The minimum atomic E-state index is -1.97. The van der Waals surface area contributed by atoms with Crippen molar-refractivity contribution < 1.29 is 18.8 Å². The fraction of sp³-hybridized carbons (Fsp3) is 0.483. The van der Waals surface area contributed by atoms with Gasteiger partial charge < -0.3 is 9.16 Å². The smallest absolute Gasteiger partial charge is 0.241 e.